The van der Waals surface area contributed by atoms with Crippen LogP contribution < -0.4 is 5.73 Å². The molecule has 0 saturated carbocycles. The number of hydrogen-bond donors (Lipinski definition) is 1. The van der Waals surface area contributed by atoms with E-state index in [9.17, 15) is 0 Å². The van der Waals surface area contributed by atoms with Crippen LogP contribution in [0.3, 0.4) is 0 Å². The zero-order valence-corrected chi connectivity index (χ0v) is 6.21. The van der Waals surface area contributed by atoms with Crippen LogP contribution in [0.1, 0.15) is 25.7 Å². The third kappa shape index (κ3) is 2.31. The van der Waals surface area contributed by atoms with E-state index in [2.05, 4.69) is 11.1 Å². The maximum absolute atomic E-state index is 5.37. The number of nitrogens with zero attached hydrogens (tertiary/aromatic N) is 1. The molecule has 1 aliphatic heterocycles. The van der Waals surface area contributed by atoms with Crippen LogP contribution in [0.2, 0.25) is 0 Å². The predicted octanol–water partition coefficient (Wildman–Crippen LogP) is 1.47. The molecular weight excluding hydrogens is 124 g/mol. The molecule has 0 aromatic heterocycles. The third-order valence-corrected chi connectivity index (χ3v) is 1.57. The summed E-state index contributed by atoms with van der Waals surface area (Å²) in [5, 5.41) is 0. The minimum absolute atomic E-state index is 0.771. The molecule has 0 amide bonds. The van der Waals surface area contributed by atoms with Gasteiger partial charge in [0, 0.05) is 11.9 Å². The number of rotatable bonds is 3. The molecule has 1 rings (SSSR count). The van der Waals surface area contributed by atoms with E-state index < -0.39 is 0 Å². The monoisotopic (exact) mass is 138 g/mol. The molecule has 10 heavy (non-hydrogen) atoms. The van der Waals surface area contributed by atoms with Gasteiger partial charge in [-0.05, 0) is 32.2 Å². The van der Waals surface area contributed by atoms with E-state index in [-0.39, 0.29) is 0 Å². The van der Waals surface area contributed by atoms with E-state index in [0.29, 0.717) is 0 Å². The lowest BCUT2D eigenvalue weighted by atomic mass is 10.1. The van der Waals surface area contributed by atoms with Gasteiger partial charge in [-0.2, -0.15) is 0 Å². The first kappa shape index (κ1) is 7.48. The van der Waals surface area contributed by atoms with Gasteiger partial charge in [-0.25, -0.2) is 0 Å². The predicted molar refractivity (Wildman–Crippen MR) is 44.1 cm³/mol. The summed E-state index contributed by atoms with van der Waals surface area (Å²) in [5.74, 6) is 0. The number of allylic oxidation sites excluding steroid dienone is 2. The molecule has 0 spiro atoms. The Hall–Kier alpha value is -0.630. The van der Waals surface area contributed by atoms with E-state index in [0.717, 1.165) is 32.2 Å². The highest BCUT2D eigenvalue weighted by Crippen LogP contribution is 2.11. The van der Waals surface area contributed by atoms with Crippen LogP contribution in [0.5, 0.6) is 0 Å². The minimum atomic E-state index is 0.771. The average molecular weight is 138 g/mol. The molecule has 0 aromatic rings. The first-order valence-electron chi connectivity index (χ1n) is 3.85. The first-order valence-corrected chi connectivity index (χ1v) is 3.85. The Balaban J connectivity index is 2.26. The Bertz CT molecular complexity index is 147. The second-order valence-corrected chi connectivity index (χ2v) is 2.48. The smallest absolute Gasteiger partial charge is 0.0360 e. The van der Waals surface area contributed by atoms with Crippen LogP contribution in [-0.2, 0) is 0 Å². The van der Waals surface area contributed by atoms with Gasteiger partial charge in [-0.15, -0.1) is 0 Å². The van der Waals surface area contributed by atoms with Gasteiger partial charge >= 0.3 is 0 Å². The molecular formula is C8H14N2. The van der Waals surface area contributed by atoms with Crippen LogP contribution in [0.25, 0.3) is 0 Å². The highest BCUT2D eigenvalue weighted by atomic mass is 14.7. The van der Waals surface area contributed by atoms with Gasteiger partial charge in [0.25, 0.3) is 0 Å². The quantitative estimate of drug-likeness (QED) is 0.630. The van der Waals surface area contributed by atoms with Crippen molar-refractivity contribution >= 4 is 6.21 Å². The third-order valence-electron chi connectivity index (χ3n) is 1.57. The molecule has 0 aliphatic carbocycles. The lowest BCUT2D eigenvalue weighted by molar-refractivity contribution is 0.805. The zero-order chi connectivity index (χ0) is 7.23. The van der Waals surface area contributed by atoms with Crippen molar-refractivity contribution in [2.75, 3.05) is 6.54 Å². The Morgan fingerprint density at radius 3 is 3.00 bits per heavy atom. The van der Waals surface area contributed by atoms with Gasteiger partial charge in [0.2, 0.25) is 0 Å². The van der Waals surface area contributed by atoms with Crippen molar-refractivity contribution in [1.29, 1.82) is 0 Å². The Morgan fingerprint density at radius 2 is 2.40 bits per heavy atom. The second kappa shape index (κ2) is 4.23. The average Bonchev–Trinajstić information content (AvgIpc) is 2.03. The van der Waals surface area contributed by atoms with Crippen LogP contribution in [0, 0.1) is 0 Å². The maximum atomic E-state index is 5.37. The molecule has 0 aromatic carbocycles. The van der Waals surface area contributed by atoms with E-state index >= 15 is 0 Å². The molecule has 56 valence electrons. The Morgan fingerprint density at radius 1 is 1.50 bits per heavy atom. The van der Waals surface area contributed by atoms with Gasteiger partial charge in [0.15, 0.2) is 0 Å². The lowest BCUT2D eigenvalue weighted by Gasteiger charge is -2.03. The van der Waals surface area contributed by atoms with E-state index in [1.165, 1.54) is 5.70 Å². The molecule has 2 nitrogen and oxygen atoms in total. The van der Waals surface area contributed by atoms with Gasteiger partial charge < -0.3 is 5.73 Å². The topological polar surface area (TPSA) is 38.4 Å². The number of nitrogens with two attached hydrogens (primary N) is 1. The summed E-state index contributed by atoms with van der Waals surface area (Å²) in [5.41, 5.74) is 6.59. The fourth-order valence-corrected chi connectivity index (χ4v) is 1.01. The van der Waals surface area contributed by atoms with Crippen molar-refractivity contribution in [3.63, 3.8) is 0 Å². The van der Waals surface area contributed by atoms with E-state index in [1.807, 2.05) is 6.21 Å². The van der Waals surface area contributed by atoms with E-state index in [4.69, 9.17) is 5.73 Å². The summed E-state index contributed by atoms with van der Waals surface area (Å²) in [6.07, 6.45) is 8.56. The summed E-state index contributed by atoms with van der Waals surface area (Å²) >= 11 is 0. The standard InChI is InChI=1S/C8H14N2/c9-6-3-5-8-4-1-2-7-10-8/h4,7H,1-3,5-6,9H2. The molecule has 2 heteroatoms. The van der Waals surface area contributed by atoms with Crippen LogP contribution in [0.4, 0.5) is 0 Å². The summed E-state index contributed by atoms with van der Waals surface area (Å²) in [6.45, 7) is 0.771. The largest absolute Gasteiger partial charge is 0.330 e. The number of hydrogen-bond acceptors (Lipinski definition) is 2. The summed E-state index contributed by atoms with van der Waals surface area (Å²) < 4.78 is 0. The first-order chi connectivity index (χ1) is 4.93. The van der Waals surface area contributed by atoms with Crippen molar-refractivity contribution < 1.29 is 0 Å². The van der Waals surface area contributed by atoms with Crippen LogP contribution in [-0.4, -0.2) is 12.8 Å². The fourth-order valence-electron chi connectivity index (χ4n) is 1.01. The van der Waals surface area contributed by atoms with Crippen molar-refractivity contribution in [2.24, 2.45) is 10.7 Å². The van der Waals surface area contributed by atoms with Crippen molar-refractivity contribution in [3.05, 3.63) is 11.8 Å². The van der Waals surface area contributed by atoms with Gasteiger partial charge in [0.05, 0.1) is 0 Å². The molecule has 2 N–H and O–H groups in total. The minimum Gasteiger partial charge on any atom is -0.330 e. The van der Waals surface area contributed by atoms with Gasteiger partial charge in [-0.3, -0.25) is 4.99 Å². The van der Waals surface area contributed by atoms with Crippen molar-refractivity contribution in [3.8, 4) is 0 Å². The summed E-state index contributed by atoms with van der Waals surface area (Å²) in [4.78, 5) is 4.25. The SMILES string of the molecule is NCCCC1=CCCC=N1. The Labute approximate surface area is 61.8 Å². The van der Waals surface area contributed by atoms with Gasteiger partial charge in [0.1, 0.15) is 0 Å². The molecule has 0 fully saturated rings. The zero-order valence-electron chi connectivity index (χ0n) is 6.21. The highest BCUT2D eigenvalue weighted by molar-refractivity contribution is 5.60. The maximum Gasteiger partial charge on any atom is 0.0360 e. The lowest BCUT2D eigenvalue weighted by Crippen LogP contribution is -1.99. The van der Waals surface area contributed by atoms with Crippen molar-refractivity contribution in [1.82, 2.24) is 0 Å². The molecule has 0 saturated heterocycles. The molecule has 0 atom stereocenters. The van der Waals surface area contributed by atoms with Crippen molar-refractivity contribution in [2.45, 2.75) is 25.7 Å². The van der Waals surface area contributed by atoms with Crippen LogP contribution in [0.15, 0.2) is 16.8 Å². The summed E-state index contributed by atoms with van der Waals surface area (Å²) in [7, 11) is 0. The molecule has 1 aliphatic rings. The van der Waals surface area contributed by atoms with Gasteiger partial charge in [-0.1, -0.05) is 6.08 Å². The number of aliphatic imine (C=N–C) groups is 1. The molecule has 0 radical (unpaired) electrons. The second-order valence-electron chi connectivity index (χ2n) is 2.48. The highest BCUT2D eigenvalue weighted by Gasteiger charge is 1.96. The Kier molecular flexibility index (Phi) is 3.16. The molecule has 0 unspecified atom stereocenters. The van der Waals surface area contributed by atoms with Crippen LogP contribution >= 0.6 is 0 Å². The fraction of sp³-hybridized carbons (Fsp3) is 0.625. The molecule has 1 heterocycles. The van der Waals surface area contributed by atoms with E-state index in [1.54, 1.807) is 0 Å². The summed E-state index contributed by atoms with van der Waals surface area (Å²) in [6, 6.07) is 0. The molecule has 0 bridgehead atoms. The normalized spacial score (nSPS) is 17.1.